The molecule has 0 saturated carbocycles. The molecule has 0 aliphatic carbocycles. The Balaban J connectivity index is 2.10. The van der Waals surface area contributed by atoms with E-state index in [1.165, 1.54) is 0 Å². The number of nitrogens with one attached hydrogen (secondary N) is 1. The highest BCUT2D eigenvalue weighted by Crippen LogP contribution is 2.17. The lowest BCUT2D eigenvalue weighted by molar-refractivity contribution is 0.0899. The van der Waals surface area contributed by atoms with Gasteiger partial charge in [0, 0.05) is 6.54 Å². The molecule has 0 saturated heterocycles. The summed E-state index contributed by atoms with van der Waals surface area (Å²) in [6, 6.07) is 7.91. The lowest BCUT2D eigenvalue weighted by atomic mass is 10.1. The Morgan fingerprint density at radius 3 is 2.65 bits per heavy atom. The highest BCUT2D eigenvalue weighted by molar-refractivity contribution is 5.95. The summed E-state index contributed by atoms with van der Waals surface area (Å²) in [6.45, 7) is 8.23. The molecule has 23 heavy (non-hydrogen) atoms. The smallest absolute Gasteiger partial charge is 0.254 e. The highest BCUT2D eigenvalue weighted by atomic mass is 16.3. The largest absolute Gasteiger partial charge is 0.391 e. The first-order valence-corrected chi connectivity index (χ1v) is 7.97. The number of aromatic nitrogens is 2. The summed E-state index contributed by atoms with van der Waals surface area (Å²) in [5, 5.41) is 17.0. The van der Waals surface area contributed by atoms with Crippen LogP contribution in [0.3, 0.4) is 0 Å². The maximum absolute atomic E-state index is 12.3. The Bertz CT molecular complexity index is 677. The van der Waals surface area contributed by atoms with E-state index in [9.17, 15) is 9.90 Å². The van der Waals surface area contributed by atoms with Gasteiger partial charge in [-0.15, -0.1) is 0 Å². The lowest BCUT2D eigenvalue weighted by Crippen LogP contribution is -2.33. The van der Waals surface area contributed by atoms with Gasteiger partial charge in [0.2, 0.25) is 0 Å². The van der Waals surface area contributed by atoms with Gasteiger partial charge in [-0.25, -0.2) is 4.68 Å². The zero-order chi connectivity index (χ0) is 17.0. The number of para-hydroxylation sites is 1. The molecule has 2 rings (SSSR count). The molecular weight excluding hydrogens is 290 g/mol. The monoisotopic (exact) mass is 315 g/mol. The average molecular weight is 315 g/mol. The fraction of sp³-hybridized carbons (Fsp3) is 0.444. The van der Waals surface area contributed by atoms with Gasteiger partial charge < -0.3 is 10.4 Å². The molecule has 1 atom stereocenters. The van der Waals surface area contributed by atoms with Crippen LogP contribution in [0.15, 0.2) is 30.5 Å². The molecule has 0 radical (unpaired) electrons. The van der Waals surface area contributed by atoms with E-state index < -0.39 is 6.10 Å². The third-order valence-corrected chi connectivity index (χ3v) is 3.84. The Kier molecular flexibility index (Phi) is 5.55. The number of benzene rings is 1. The number of carbonyl (C=O) groups excluding carboxylic acids is 1. The van der Waals surface area contributed by atoms with Gasteiger partial charge >= 0.3 is 0 Å². The number of carbonyl (C=O) groups is 1. The zero-order valence-electron chi connectivity index (χ0n) is 14.2. The van der Waals surface area contributed by atoms with Crippen LogP contribution < -0.4 is 5.32 Å². The van der Waals surface area contributed by atoms with Crippen LogP contribution in [0.5, 0.6) is 0 Å². The molecule has 0 aliphatic heterocycles. The minimum atomic E-state index is -0.523. The third kappa shape index (κ3) is 4.20. The van der Waals surface area contributed by atoms with Gasteiger partial charge in [-0.3, -0.25) is 4.79 Å². The van der Waals surface area contributed by atoms with Crippen molar-refractivity contribution in [3.05, 3.63) is 47.3 Å². The molecule has 5 heteroatoms. The second-order valence-corrected chi connectivity index (χ2v) is 6.34. The van der Waals surface area contributed by atoms with E-state index in [2.05, 4.69) is 10.4 Å². The van der Waals surface area contributed by atoms with E-state index >= 15 is 0 Å². The molecule has 0 bridgehead atoms. The number of aryl methyl sites for hydroxylation is 1. The fourth-order valence-corrected chi connectivity index (χ4v) is 2.61. The Labute approximate surface area is 137 Å². The summed E-state index contributed by atoms with van der Waals surface area (Å²) in [6.07, 6.45) is 1.72. The Hall–Kier alpha value is -2.14. The first-order chi connectivity index (χ1) is 10.9. The summed E-state index contributed by atoms with van der Waals surface area (Å²) < 4.78 is 1.77. The van der Waals surface area contributed by atoms with E-state index in [1.807, 2.05) is 52.0 Å². The molecule has 1 amide bonds. The van der Waals surface area contributed by atoms with Crippen LogP contribution in [0.2, 0.25) is 0 Å². The van der Waals surface area contributed by atoms with E-state index in [-0.39, 0.29) is 12.5 Å². The second kappa shape index (κ2) is 7.42. The maximum atomic E-state index is 12.3. The van der Waals surface area contributed by atoms with Crippen molar-refractivity contribution in [2.45, 2.75) is 40.2 Å². The molecule has 0 fully saturated rings. The fourth-order valence-electron chi connectivity index (χ4n) is 2.61. The first kappa shape index (κ1) is 17.2. The number of aliphatic hydroxyl groups excluding tert-OH is 1. The van der Waals surface area contributed by atoms with Gasteiger partial charge in [-0.1, -0.05) is 32.0 Å². The van der Waals surface area contributed by atoms with Crippen molar-refractivity contribution in [2.75, 3.05) is 6.54 Å². The quantitative estimate of drug-likeness (QED) is 0.861. The summed E-state index contributed by atoms with van der Waals surface area (Å²) in [7, 11) is 0. The SMILES string of the molecule is Cc1ccccc1-n1ncc(C(=O)NCC(O)CC(C)C)c1C. The van der Waals surface area contributed by atoms with Gasteiger partial charge in [0.25, 0.3) is 5.91 Å². The van der Waals surface area contributed by atoms with E-state index in [1.54, 1.807) is 10.9 Å². The molecular formula is C18H25N3O2. The van der Waals surface area contributed by atoms with Crippen LogP contribution in [0.1, 0.15) is 41.9 Å². The molecule has 0 aliphatic rings. The molecule has 0 spiro atoms. The zero-order valence-corrected chi connectivity index (χ0v) is 14.2. The van der Waals surface area contributed by atoms with Crippen LogP contribution in [0.4, 0.5) is 0 Å². The van der Waals surface area contributed by atoms with Crippen molar-refractivity contribution in [2.24, 2.45) is 5.92 Å². The number of aliphatic hydroxyl groups is 1. The Morgan fingerprint density at radius 1 is 1.30 bits per heavy atom. The van der Waals surface area contributed by atoms with Crippen molar-refractivity contribution in [3.63, 3.8) is 0 Å². The van der Waals surface area contributed by atoms with Gasteiger partial charge in [0.15, 0.2) is 0 Å². The van der Waals surface area contributed by atoms with Crippen LogP contribution in [0, 0.1) is 19.8 Å². The molecule has 5 nitrogen and oxygen atoms in total. The minimum Gasteiger partial charge on any atom is -0.391 e. The summed E-state index contributed by atoms with van der Waals surface area (Å²) in [4.78, 5) is 12.3. The third-order valence-electron chi connectivity index (χ3n) is 3.84. The van der Waals surface area contributed by atoms with Crippen molar-refractivity contribution < 1.29 is 9.90 Å². The molecule has 2 N–H and O–H groups in total. The second-order valence-electron chi connectivity index (χ2n) is 6.34. The van der Waals surface area contributed by atoms with Crippen LogP contribution in [-0.2, 0) is 0 Å². The van der Waals surface area contributed by atoms with Crippen molar-refractivity contribution in [1.82, 2.24) is 15.1 Å². The number of amides is 1. The summed E-state index contributed by atoms with van der Waals surface area (Å²) in [5.41, 5.74) is 3.38. The van der Waals surface area contributed by atoms with Crippen LogP contribution >= 0.6 is 0 Å². The number of hydrogen-bond donors (Lipinski definition) is 2. The lowest BCUT2D eigenvalue weighted by Gasteiger charge is -2.14. The topological polar surface area (TPSA) is 67.2 Å². The number of hydrogen-bond acceptors (Lipinski definition) is 3. The summed E-state index contributed by atoms with van der Waals surface area (Å²) >= 11 is 0. The van der Waals surface area contributed by atoms with Crippen molar-refractivity contribution in [3.8, 4) is 5.69 Å². The van der Waals surface area contributed by atoms with Crippen LogP contribution in [0.25, 0.3) is 5.69 Å². The highest BCUT2D eigenvalue weighted by Gasteiger charge is 2.17. The van der Waals surface area contributed by atoms with Gasteiger partial charge in [-0.05, 0) is 37.8 Å². The average Bonchev–Trinajstić information content (AvgIpc) is 2.86. The van der Waals surface area contributed by atoms with E-state index in [0.29, 0.717) is 17.9 Å². The predicted molar refractivity (Wildman–Crippen MR) is 90.8 cm³/mol. The van der Waals surface area contributed by atoms with Crippen molar-refractivity contribution in [1.29, 1.82) is 0 Å². The number of rotatable bonds is 6. The molecule has 1 aromatic carbocycles. The number of nitrogens with zero attached hydrogens (tertiary/aromatic N) is 2. The maximum Gasteiger partial charge on any atom is 0.254 e. The molecule has 1 unspecified atom stereocenters. The molecule has 1 aromatic heterocycles. The van der Waals surface area contributed by atoms with E-state index in [0.717, 1.165) is 16.9 Å². The normalized spacial score (nSPS) is 12.4. The van der Waals surface area contributed by atoms with Gasteiger partial charge in [0.1, 0.15) is 0 Å². The van der Waals surface area contributed by atoms with Gasteiger partial charge in [-0.2, -0.15) is 5.10 Å². The first-order valence-electron chi connectivity index (χ1n) is 7.97. The molecule has 1 heterocycles. The minimum absolute atomic E-state index is 0.204. The van der Waals surface area contributed by atoms with Gasteiger partial charge in [0.05, 0.1) is 29.2 Å². The standard InChI is InChI=1S/C18H25N3O2/c1-12(2)9-15(22)10-19-18(23)16-11-20-21(14(16)4)17-8-6-5-7-13(17)3/h5-8,11-12,15,22H,9-10H2,1-4H3,(H,19,23). The molecule has 124 valence electrons. The molecule has 2 aromatic rings. The summed E-state index contributed by atoms with van der Waals surface area (Å²) in [5.74, 6) is 0.192. The van der Waals surface area contributed by atoms with Crippen LogP contribution in [-0.4, -0.2) is 33.4 Å². The Morgan fingerprint density at radius 2 is 2.00 bits per heavy atom. The van der Waals surface area contributed by atoms with Crippen molar-refractivity contribution >= 4 is 5.91 Å². The predicted octanol–water partition coefficient (Wildman–Crippen LogP) is 2.63. The van der Waals surface area contributed by atoms with E-state index in [4.69, 9.17) is 0 Å².